The average Bonchev–Trinajstić information content (AvgIpc) is 2.89. The minimum absolute atomic E-state index is 0.687. The van der Waals surface area contributed by atoms with E-state index in [-0.39, 0.29) is 0 Å². The second-order valence-corrected chi connectivity index (χ2v) is 5.58. The summed E-state index contributed by atoms with van der Waals surface area (Å²) in [6, 6.07) is 15.9. The van der Waals surface area contributed by atoms with E-state index < -0.39 is 0 Å². The summed E-state index contributed by atoms with van der Waals surface area (Å²) in [5.74, 6) is 0.775. The number of nitrogens with one attached hydrogen (secondary N) is 1. The third-order valence-corrected chi connectivity index (χ3v) is 3.77. The van der Waals surface area contributed by atoms with Crippen LogP contribution >= 0.6 is 11.6 Å². The first-order valence-electron chi connectivity index (χ1n) is 6.72. The number of aromatic amines is 1. The number of nitrogens with zero attached hydrogens (tertiary/aromatic N) is 2. The molecule has 0 bridgehead atoms. The van der Waals surface area contributed by atoms with E-state index in [1.807, 2.05) is 36.4 Å². The highest BCUT2D eigenvalue weighted by molar-refractivity contribution is 6.31. The van der Waals surface area contributed by atoms with Crippen molar-refractivity contribution in [3.05, 3.63) is 59.1 Å². The molecule has 0 amide bonds. The molecule has 21 heavy (non-hydrogen) atoms. The number of hydrogen-bond acceptors (Lipinski definition) is 2. The van der Waals surface area contributed by atoms with Crippen molar-refractivity contribution in [2.24, 2.45) is 0 Å². The molecule has 0 aliphatic heterocycles. The largest absolute Gasteiger partial charge is 0.337 e. The van der Waals surface area contributed by atoms with Gasteiger partial charge >= 0.3 is 0 Å². The van der Waals surface area contributed by atoms with E-state index in [2.05, 4.69) is 34.0 Å². The molecule has 0 unspecified atom stereocenters. The number of H-pyrrole nitrogens is 1. The van der Waals surface area contributed by atoms with Crippen LogP contribution in [-0.2, 0) is 0 Å². The maximum absolute atomic E-state index is 6.04. The Hall–Kier alpha value is -2.39. The van der Waals surface area contributed by atoms with Crippen molar-refractivity contribution in [2.45, 2.75) is 6.92 Å². The monoisotopic (exact) mass is 293 g/mol. The van der Waals surface area contributed by atoms with Gasteiger partial charge in [-0.25, -0.2) is 9.97 Å². The van der Waals surface area contributed by atoms with Gasteiger partial charge in [0.1, 0.15) is 5.69 Å². The zero-order valence-electron chi connectivity index (χ0n) is 11.4. The highest BCUT2D eigenvalue weighted by Crippen LogP contribution is 2.23. The third-order valence-electron chi connectivity index (χ3n) is 3.53. The molecular formula is C17H12ClN3. The fraction of sp³-hybridized carbons (Fsp3) is 0.0588. The van der Waals surface area contributed by atoms with E-state index in [0.717, 1.165) is 33.5 Å². The maximum Gasteiger partial charge on any atom is 0.157 e. The van der Waals surface area contributed by atoms with E-state index in [1.54, 1.807) is 0 Å². The van der Waals surface area contributed by atoms with E-state index in [0.29, 0.717) is 5.02 Å². The summed E-state index contributed by atoms with van der Waals surface area (Å²) in [4.78, 5) is 12.6. The zero-order valence-corrected chi connectivity index (χ0v) is 12.1. The topological polar surface area (TPSA) is 41.6 Å². The number of fused-ring (bicyclic) bond motifs is 2. The predicted molar refractivity (Wildman–Crippen MR) is 86.6 cm³/mol. The Bertz CT molecular complexity index is 972. The van der Waals surface area contributed by atoms with Crippen LogP contribution in [0.1, 0.15) is 5.56 Å². The van der Waals surface area contributed by atoms with Crippen LogP contribution in [0.2, 0.25) is 5.02 Å². The van der Waals surface area contributed by atoms with Crippen molar-refractivity contribution in [2.75, 3.05) is 0 Å². The van der Waals surface area contributed by atoms with Crippen LogP contribution in [0, 0.1) is 6.92 Å². The molecule has 0 atom stereocenters. The van der Waals surface area contributed by atoms with Crippen LogP contribution in [0.5, 0.6) is 0 Å². The van der Waals surface area contributed by atoms with Crippen molar-refractivity contribution in [1.29, 1.82) is 0 Å². The average molecular weight is 294 g/mol. The Balaban J connectivity index is 1.90. The van der Waals surface area contributed by atoms with Gasteiger partial charge in [0, 0.05) is 10.4 Å². The van der Waals surface area contributed by atoms with Gasteiger partial charge in [0.2, 0.25) is 0 Å². The molecule has 0 aliphatic rings. The maximum atomic E-state index is 6.04. The van der Waals surface area contributed by atoms with E-state index >= 15 is 0 Å². The van der Waals surface area contributed by atoms with E-state index in [1.165, 1.54) is 5.56 Å². The molecule has 0 aliphatic carbocycles. The van der Waals surface area contributed by atoms with Gasteiger partial charge < -0.3 is 4.98 Å². The Morgan fingerprint density at radius 1 is 0.905 bits per heavy atom. The molecule has 0 radical (unpaired) electrons. The molecule has 0 fully saturated rings. The SMILES string of the molecule is Cc1ccc2nc(-c3ccc4ccc(Cl)cc4n3)[nH]c2c1. The first-order chi connectivity index (χ1) is 10.2. The number of imidazole rings is 1. The van der Waals surface area contributed by atoms with Gasteiger partial charge in [-0.15, -0.1) is 0 Å². The Morgan fingerprint density at radius 2 is 1.76 bits per heavy atom. The standard InChI is InChI=1S/C17H12ClN3/c1-10-2-6-13-16(8-10)21-17(20-13)14-7-4-11-3-5-12(18)9-15(11)19-14/h2-9H,1H3,(H,20,21). The van der Waals surface area contributed by atoms with Gasteiger partial charge in [0.25, 0.3) is 0 Å². The molecule has 0 spiro atoms. The number of pyridine rings is 1. The second-order valence-electron chi connectivity index (χ2n) is 5.14. The second kappa shape index (κ2) is 4.57. The quantitative estimate of drug-likeness (QED) is 0.551. The van der Waals surface area contributed by atoms with E-state index in [4.69, 9.17) is 11.6 Å². The molecule has 4 aromatic rings. The molecule has 4 rings (SSSR count). The van der Waals surface area contributed by atoms with Crippen LogP contribution in [0.3, 0.4) is 0 Å². The van der Waals surface area contributed by atoms with Crippen molar-refractivity contribution in [3.63, 3.8) is 0 Å². The van der Waals surface area contributed by atoms with Crippen LogP contribution in [0.15, 0.2) is 48.5 Å². The van der Waals surface area contributed by atoms with Gasteiger partial charge in [-0.3, -0.25) is 0 Å². The highest BCUT2D eigenvalue weighted by atomic mass is 35.5. The number of halogens is 1. The van der Waals surface area contributed by atoms with Crippen LogP contribution in [0.25, 0.3) is 33.5 Å². The molecule has 0 saturated heterocycles. The number of hydrogen-bond donors (Lipinski definition) is 1. The molecular weight excluding hydrogens is 282 g/mol. The summed E-state index contributed by atoms with van der Waals surface area (Å²) >= 11 is 6.04. The molecule has 0 saturated carbocycles. The molecule has 4 heteroatoms. The molecule has 102 valence electrons. The number of aryl methyl sites for hydroxylation is 1. The molecule has 2 aromatic carbocycles. The van der Waals surface area contributed by atoms with Crippen molar-refractivity contribution in [3.8, 4) is 11.5 Å². The fourth-order valence-corrected chi connectivity index (χ4v) is 2.63. The molecule has 2 aromatic heterocycles. The minimum atomic E-state index is 0.687. The Morgan fingerprint density at radius 3 is 2.67 bits per heavy atom. The van der Waals surface area contributed by atoms with Crippen LogP contribution in [0.4, 0.5) is 0 Å². The van der Waals surface area contributed by atoms with Gasteiger partial charge in [-0.2, -0.15) is 0 Å². The zero-order chi connectivity index (χ0) is 14.4. The number of benzene rings is 2. The molecule has 3 nitrogen and oxygen atoms in total. The van der Waals surface area contributed by atoms with Crippen molar-refractivity contribution >= 4 is 33.5 Å². The molecule has 2 heterocycles. The Labute approximate surface area is 126 Å². The van der Waals surface area contributed by atoms with Crippen LogP contribution in [-0.4, -0.2) is 15.0 Å². The summed E-state index contributed by atoms with van der Waals surface area (Å²) in [6.07, 6.45) is 0. The third kappa shape index (κ3) is 2.16. The summed E-state index contributed by atoms with van der Waals surface area (Å²) in [6.45, 7) is 2.07. The molecule has 1 N–H and O–H groups in total. The van der Waals surface area contributed by atoms with Crippen molar-refractivity contribution in [1.82, 2.24) is 15.0 Å². The van der Waals surface area contributed by atoms with Gasteiger partial charge in [0.15, 0.2) is 5.82 Å². The smallest absolute Gasteiger partial charge is 0.157 e. The lowest BCUT2D eigenvalue weighted by molar-refractivity contribution is 1.27. The highest BCUT2D eigenvalue weighted by Gasteiger charge is 2.07. The number of aromatic nitrogens is 3. The van der Waals surface area contributed by atoms with Crippen molar-refractivity contribution < 1.29 is 0 Å². The van der Waals surface area contributed by atoms with Crippen LogP contribution < -0.4 is 0 Å². The normalized spacial score (nSPS) is 11.3. The first kappa shape index (κ1) is 12.4. The number of rotatable bonds is 1. The first-order valence-corrected chi connectivity index (χ1v) is 7.10. The lowest BCUT2D eigenvalue weighted by Gasteiger charge is -2.00. The summed E-state index contributed by atoms with van der Waals surface area (Å²) in [7, 11) is 0. The van der Waals surface area contributed by atoms with Gasteiger partial charge in [-0.1, -0.05) is 29.8 Å². The lowest BCUT2D eigenvalue weighted by atomic mass is 10.2. The summed E-state index contributed by atoms with van der Waals surface area (Å²) < 4.78 is 0. The summed E-state index contributed by atoms with van der Waals surface area (Å²) in [5, 5.41) is 1.75. The van der Waals surface area contributed by atoms with E-state index in [9.17, 15) is 0 Å². The minimum Gasteiger partial charge on any atom is -0.337 e. The van der Waals surface area contributed by atoms with Gasteiger partial charge in [0.05, 0.1) is 16.6 Å². The van der Waals surface area contributed by atoms with Gasteiger partial charge in [-0.05, 0) is 42.8 Å². The predicted octanol–water partition coefficient (Wildman–Crippen LogP) is 4.74. The lowest BCUT2D eigenvalue weighted by Crippen LogP contribution is -1.87. The summed E-state index contributed by atoms with van der Waals surface area (Å²) in [5.41, 5.74) is 4.87. The fourth-order valence-electron chi connectivity index (χ4n) is 2.47. The Kier molecular flexibility index (Phi) is 2.69.